The average molecular weight is 447 g/mol. The van der Waals surface area contributed by atoms with Crippen molar-refractivity contribution in [2.45, 2.75) is 20.4 Å². The zero-order chi connectivity index (χ0) is 22.8. The molecule has 3 aromatic carbocycles. The molecular weight excluding hydrogens is 424 g/mol. The summed E-state index contributed by atoms with van der Waals surface area (Å²) in [5.74, 6) is -0.127. The minimum absolute atomic E-state index is 0.108. The maximum absolute atomic E-state index is 13.5. The number of methoxy groups -OCH3 is 1. The van der Waals surface area contributed by atoms with Crippen molar-refractivity contribution in [3.8, 4) is 5.75 Å². The number of hydrogen-bond donors (Lipinski definition) is 1. The van der Waals surface area contributed by atoms with Crippen molar-refractivity contribution in [1.29, 1.82) is 0 Å². The van der Waals surface area contributed by atoms with Crippen molar-refractivity contribution in [3.05, 3.63) is 99.7 Å². The molecule has 32 heavy (non-hydrogen) atoms. The zero-order valence-corrected chi connectivity index (χ0v) is 18.9. The molecule has 5 nitrogen and oxygen atoms in total. The minimum atomic E-state index is -0.383. The van der Waals surface area contributed by atoms with Crippen LogP contribution in [0.2, 0.25) is 5.02 Å². The second-order valence-corrected chi connectivity index (χ2v) is 8.15. The van der Waals surface area contributed by atoms with Crippen LogP contribution >= 0.6 is 11.6 Å². The van der Waals surface area contributed by atoms with Gasteiger partial charge in [-0.05, 0) is 49.2 Å². The monoisotopic (exact) mass is 446 g/mol. The number of anilines is 1. The molecule has 0 atom stereocenters. The molecule has 3 aromatic rings. The van der Waals surface area contributed by atoms with E-state index in [2.05, 4.69) is 5.32 Å². The Kier molecular flexibility index (Phi) is 6.01. The van der Waals surface area contributed by atoms with Crippen molar-refractivity contribution in [3.63, 3.8) is 0 Å². The van der Waals surface area contributed by atoms with Gasteiger partial charge in [-0.25, -0.2) is 0 Å². The quantitative estimate of drug-likeness (QED) is 0.518. The molecular formula is C26H23ClN2O3. The Labute approximate surface area is 192 Å². The van der Waals surface area contributed by atoms with Crippen molar-refractivity contribution >= 4 is 34.7 Å². The van der Waals surface area contributed by atoms with E-state index in [9.17, 15) is 9.59 Å². The first-order valence-corrected chi connectivity index (χ1v) is 10.6. The lowest BCUT2D eigenvalue weighted by Crippen LogP contribution is -2.32. The molecule has 1 aliphatic rings. The van der Waals surface area contributed by atoms with Crippen LogP contribution in [0.1, 0.15) is 22.3 Å². The van der Waals surface area contributed by atoms with Gasteiger partial charge in [0, 0.05) is 16.3 Å². The fourth-order valence-electron chi connectivity index (χ4n) is 3.81. The molecule has 0 spiro atoms. The Morgan fingerprint density at radius 1 is 0.938 bits per heavy atom. The third kappa shape index (κ3) is 4.12. The van der Waals surface area contributed by atoms with E-state index < -0.39 is 0 Å². The number of para-hydroxylation sites is 1. The van der Waals surface area contributed by atoms with Crippen LogP contribution in [0.3, 0.4) is 0 Å². The minimum Gasteiger partial charge on any atom is -0.496 e. The summed E-state index contributed by atoms with van der Waals surface area (Å²) in [6, 6.07) is 20.2. The number of carbonyl (C=O) groups excluding carboxylic acids is 2. The van der Waals surface area contributed by atoms with E-state index >= 15 is 0 Å². The third-order valence-electron chi connectivity index (χ3n) is 5.46. The number of hydrogen-bond acceptors (Lipinski definition) is 4. The van der Waals surface area contributed by atoms with Gasteiger partial charge in [-0.3, -0.25) is 14.5 Å². The first kappa shape index (κ1) is 21.7. The molecule has 162 valence electrons. The SMILES string of the molecule is COc1ccccc1CN1C(=O)C(Nc2ccc(C)cc2C)=C(c2ccc(Cl)cc2)C1=O. The van der Waals surface area contributed by atoms with Crippen LogP contribution in [0.15, 0.2) is 72.4 Å². The average Bonchev–Trinajstić information content (AvgIpc) is 3.01. The molecule has 0 aromatic heterocycles. The third-order valence-corrected chi connectivity index (χ3v) is 5.72. The standard InChI is InChI=1S/C26H23ClN2O3/c1-16-8-13-21(17(2)14-16)28-24-23(18-9-11-20(27)12-10-18)25(30)29(26(24)31)15-19-6-4-5-7-22(19)32-3/h4-14,28H,15H2,1-3H3. The first-order valence-electron chi connectivity index (χ1n) is 10.2. The number of amides is 2. The molecule has 0 unspecified atom stereocenters. The van der Waals surface area contributed by atoms with Crippen LogP contribution in [-0.4, -0.2) is 23.8 Å². The molecule has 0 radical (unpaired) electrons. The van der Waals surface area contributed by atoms with Crippen LogP contribution < -0.4 is 10.1 Å². The fourth-order valence-corrected chi connectivity index (χ4v) is 3.94. The highest BCUT2D eigenvalue weighted by atomic mass is 35.5. The lowest BCUT2D eigenvalue weighted by molar-refractivity contribution is -0.137. The first-order chi connectivity index (χ1) is 15.4. The van der Waals surface area contributed by atoms with Gasteiger partial charge in [0.25, 0.3) is 11.8 Å². The summed E-state index contributed by atoms with van der Waals surface area (Å²) in [6.07, 6.45) is 0. The smallest absolute Gasteiger partial charge is 0.278 e. The van der Waals surface area contributed by atoms with E-state index in [0.717, 1.165) is 22.4 Å². The molecule has 0 bridgehead atoms. The number of carbonyl (C=O) groups is 2. The number of benzene rings is 3. The summed E-state index contributed by atoms with van der Waals surface area (Å²) < 4.78 is 5.41. The van der Waals surface area contributed by atoms with E-state index in [-0.39, 0.29) is 24.1 Å². The van der Waals surface area contributed by atoms with E-state index in [1.165, 1.54) is 4.90 Å². The van der Waals surface area contributed by atoms with E-state index in [4.69, 9.17) is 16.3 Å². The Morgan fingerprint density at radius 2 is 1.66 bits per heavy atom. The summed E-state index contributed by atoms with van der Waals surface area (Å²) in [5, 5.41) is 3.78. The number of aryl methyl sites for hydroxylation is 2. The predicted octanol–water partition coefficient (Wildman–Crippen LogP) is 5.36. The van der Waals surface area contributed by atoms with Crippen molar-refractivity contribution in [1.82, 2.24) is 4.90 Å². The molecule has 0 aliphatic carbocycles. The molecule has 0 saturated carbocycles. The molecule has 2 amide bonds. The molecule has 1 heterocycles. The molecule has 1 aliphatic heterocycles. The Hall–Kier alpha value is -3.57. The number of ether oxygens (including phenoxy) is 1. The maximum Gasteiger partial charge on any atom is 0.278 e. The van der Waals surface area contributed by atoms with Gasteiger partial charge in [0.1, 0.15) is 11.4 Å². The second-order valence-electron chi connectivity index (χ2n) is 7.71. The largest absolute Gasteiger partial charge is 0.496 e. The maximum atomic E-state index is 13.5. The van der Waals surface area contributed by atoms with Crippen molar-refractivity contribution in [2.75, 3.05) is 12.4 Å². The summed E-state index contributed by atoms with van der Waals surface area (Å²) in [7, 11) is 1.57. The van der Waals surface area contributed by atoms with Crippen LogP contribution in [-0.2, 0) is 16.1 Å². The number of rotatable bonds is 6. The number of nitrogens with zero attached hydrogens (tertiary/aromatic N) is 1. The van der Waals surface area contributed by atoms with Gasteiger partial charge >= 0.3 is 0 Å². The number of imide groups is 1. The van der Waals surface area contributed by atoms with E-state index in [1.54, 1.807) is 31.4 Å². The summed E-state index contributed by atoms with van der Waals surface area (Å²) in [5.41, 5.74) is 4.82. The molecule has 0 fully saturated rings. The highest BCUT2D eigenvalue weighted by Crippen LogP contribution is 2.33. The Bertz CT molecular complexity index is 1230. The van der Waals surface area contributed by atoms with Crippen molar-refractivity contribution < 1.29 is 14.3 Å². The second kappa shape index (κ2) is 8.89. The van der Waals surface area contributed by atoms with E-state index in [1.807, 2.05) is 56.3 Å². The van der Waals surface area contributed by atoms with Gasteiger partial charge in [-0.1, -0.05) is 59.6 Å². The van der Waals surface area contributed by atoms with Gasteiger partial charge in [0.2, 0.25) is 0 Å². The molecule has 4 rings (SSSR count). The van der Waals surface area contributed by atoms with Crippen LogP contribution in [0.4, 0.5) is 5.69 Å². The zero-order valence-electron chi connectivity index (χ0n) is 18.1. The topological polar surface area (TPSA) is 58.6 Å². The normalized spacial score (nSPS) is 13.7. The molecule has 6 heteroatoms. The van der Waals surface area contributed by atoms with Gasteiger partial charge < -0.3 is 10.1 Å². The van der Waals surface area contributed by atoms with Crippen LogP contribution in [0, 0.1) is 13.8 Å². The fraction of sp³-hybridized carbons (Fsp3) is 0.154. The Balaban J connectivity index is 1.76. The highest BCUT2D eigenvalue weighted by molar-refractivity contribution is 6.36. The highest BCUT2D eigenvalue weighted by Gasteiger charge is 2.39. The molecule has 1 N–H and O–H groups in total. The lowest BCUT2D eigenvalue weighted by atomic mass is 10.0. The van der Waals surface area contributed by atoms with Crippen molar-refractivity contribution in [2.24, 2.45) is 0 Å². The molecule has 0 saturated heterocycles. The van der Waals surface area contributed by atoms with Gasteiger partial charge in [0.15, 0.2) is 0 Å². The number of nitrogens with one attached hydrogen (secondary N) is 1. The van der Waals surface area contributed by atoms with Gasteiger partial charge in [-0.15, -0.1) is 0 Å². The van der Waals surface area contributed by atoms with Crippen LogP contribution in [0.25, 0.3) is 5.57 Å². The predicted molar refractivity (Wildman–Crippen MR) is 126 cm³/mol. The van der Waals surface area contributed by atoms with Crippen LogP contribution in [0.5, 0.6) is 5.75 Å². The summed E-state index contributed by atoms with van der Waals surface area (Å²) in [4.78, 5) is 28.2. The van der Waals surface area contributed by atoms with E-state index in [0.29, 0.717) is 21.9 Å². The van der Waals surface area contributed by atoms with Gasteiger partial charge in [0.05, 0.1) is 19.2 Å². The summed E-state index contributed by atoms with van der Waals surface area (Å²) >= 11 is 6.05. The lowest BCUT2D eigenvalue weighted by Gasteiger charge is -2.17. The Morgan fingerprint density at radius 3 is 2.34 bits per heavy atom. The number of halogens is 1. The summed E-state index contributed by atoms with van der Waals surface area (Å²) in [6.45, 7) is 4.08. The van der Waals surface area contributed by atoms with Gasteiger partial charge in [-0.2, -0.15) is 0 Å².